The third-order valence-corrected chi connectivity index (χ3v) is 5.57. The van der Waals surface area contributed by atoms with Crippen LogP contribution in [0.2, 0.25) is 0 Å². The molecule has 2 aromatic rings. The van der Waals surface area contributed by atoms with Crippen molar-refractivity contribution in [2.24, 2.45) is 4.99 Å². The molecule has 0 spiro atoms. The monoisotopic (exact) mass is 435 g/mol. The van der Waals surface area contributed by atoms with E-state index in [2.05, 4.69) is 25.9 Å². The molecule has 1 saturated heterocycles. The molecule has 1 aromatic carbocycles. The summed E-state index contributed by atoms with van der Waals surface area (Å²) >= 11 is 4.67. The van der Waals surface area contributed by atoms with Crippen LogP contribution in [0.4, 0.5) is 9.18 Å². The number of nitrogens with zero attached hydrogens (tertiary/aromatic N) is 3. The van der Waals surface area contributed by atoms with E-state index in [4.69, 9.17) is 4.74 Å². The summed E-state index contributed by atoms with van der Waals surface area (Å²) in [6.07, 6.45) is 2.11. The molecule has 1 amide bonds. The molecule has 4 rings (SSSR count). The Morgan fingerprint density at radius 1 is 1.42 bits per heavy atom. The van der Waals surface area contributed by atoms with Crippen molar-refractivity contribution in [3.05, 3.63) is 61.9 Å². The van der Waals surface area contributed by atoms with E-state index in [0.717, 1.165) is 0 Å². The lowest BCUT2D eigenvalue weighted by Gasteiger charge is -2.35. The molecule has 1 aromatic heterocycles. The molecule has 9 heteroatoms. The second-order valence-corrected chi connectivity index (χ2v) is 7.33. The maximum atomic E-state index is 13.5. The zero-order valence-electron chi connectivity index (χ0n) is 13.2. The molecule has 0 bridgehead atoms. The summed E-state index contributed by atoms with van der Waals surface area (Å²) < 4.78 is 19.1. The van der Waals surface area contributed by atoms with Gasteiger partial charge in [0, 0.05) is 33.7 Å². The molecule has 2 aliphatic rings. The number of rotatable bonds is 3. The van der Waals surface area contributed by atoms with Crippen LogP contribution in [-0.2, 0) is 9.53 Å². The Bertz CT molecular complexity index is 958. The molecular formula is C17H11BrFN3O3S. The van der Waals surface area contributed by atoms with E-state index in [-0.39, 0.29) is 6.61 Å². The van der Waals surface area contributed by atoms with Crippen molar-refractivity contribution in [2.75, 3.05) is 6.61 Å². The second kappa shape index (κ2) is 6.73. The van der Waals surface area contributed by atoms with Gasteiger partial charge in [0.2, 0.25) is 0 Å². The van der Waals surface area contributed by atoms with Crippen molar-refractivity contribution in [1.29, 1.82) is 0 Å². The van der Waals surface area contributed by atoms with Crippen LogP contribution >= 0.6 is 27.3 Å². The zero-order chi connectivity index (χ0) is 18.3. The van der Waals surface area contributed by atoms with Gasteiger partial charge in [-0.2, -0.15) is 0 Å². The van der Waals surface area contributed by atoms with Gasteiger partial charge in [-0.05, 0) is 17.7 Å². The van der Waals surface area contributed by atoms with Gasteiger partial charge in [0.05, 0.1) is 6.61 Å². The topological polar surface area (TPSA) is 71.9 Å². The first kappa shape index (κ1) is 17.0. The maximum absolute atomic E-state index is 13.5. The Morgan fingerprint density at radius 2 is 2.27 bits per heavy atom. The van der Waals surface area contributed by atoms with Gasteiger partial charge in [-0.1, -0.05) is 22.0 Å². The quantitative estimate of drug-likeness (QED) is 0.686. The van der Waals surface area contributed by atoms with Crippen LogP contribution in [0.1, 0.15) is 23.0 Å². The van der Waals surface area contributed by atoms with Gasteiger partial charge >= 0.3 is 6.09 Å². The lowest BCUT2D eigenvalue weighted by Crippen LogP contribution is -2.44. The largest absolute Gasteiger partial charge is 0.448 e. The third kappa shape index (κ3) is 2.77. The summed E-state index contributed by atoms with van der Waals surface area (Å²) in [5, 5.41) is 2.31. The number of benzene rings is 1. The molecule has 2 aliphatic heterocycles. The fourth-order valence-corrected chi connectivity index (χ4v) is 4.18. The van der Waals surface area contributed by atoms with Crippen LogP contribution in [0.15, 0.2) is 50.5 Å². The van der Waals surface area contributed by atoms with Crippen molar-refractivity contribution in [3.8, 4) is 0 Å². The average Bonchev–Trinajstić information content (AvgIpc) is 3.15. The molecule has 6 nitrogen and oxygen atoms in total. The van der Waals surface area contributed by atoms with Gasteiger partial charge in [0.15, 0.2) is 10.8 Å². The van der Waals surface area contributed by atoms with Crippen LogP contribution in [0.5, 0.6) is 0 Å². The van der Waals surface area contributed by atoms with E-state index >= 15 is 0 Å². The van der Waals surface area contributed by atoms with Gasteiger partial charge in [0.25, 0.3) is 0 Å². The maximum Gasteiger partial charge on any atom is 0.420 e. The third-order valence-electron chi connectivity index (χ3n) is 4.12. The molecule has 1 unspecified atom stereocenters. The van der Waals surface area contributed by atoms with Crippen LogP contribution < -0.4 is 0 Å². The first-order valence-corrected chi connectivity index (χ1v) is 9.35. The normalized spacial score (nSPS) is 19.8. The first-order valence-electron chi connectivity index (χ1n) is 7.68. The Labute approximate surface area is 160 Å². The summed E-state index contributed by atoms with van der Waals surface area (Å²) in [4.78, 5) is 34.4. The summed E-state index contributed by atoms with van der Waals surface area (Å²) in [6, 6.07) is 3.54. The number of thiazole rings is 1. The number of fused-ring (bicyclic) bond motifs is 1. The number of carbonyl (C=O) groups excluding carboxylic acids is 2. The van der Waals surface area contributed by atoms with Crippen LogP contribution in [0.25, 0.3) is 0 Å². The van der Waals surface area contributed by atoms with Gasteiger partial charge in [-0.25, -0.2) is 19.1 Å². The number of cyclic esters (lactones) is 1. The van der Waals surface area contributed by atoms with Gasteiger partial charge in [-0.15, -0.1) is 11.3 Å². The molecule has 1 fully saturated rings. The molecule has 0 saturated carbocycles. The second-order valence-electron chi connectivity index (χ2n) is 5.58. The number of aromatic nitrogens is 1. The van der Waals surface area contributed by atoms with E-state index in [1.54, 1.807) is 17.6 Å². The molecule has 0 radical (unpaired) electrons. The summed E-state index contributed by atoms with van der Waals surface area (Å²) in [5.41, 5.74) is 1.53. The van der Waals surface area contributed by atoms with E-state index < -0.39 is 18.0 Å². The summed E-state index contributed by atoms with van der Waals surface area (Å²) in [5.74, 6) is -0.0738. The highest BCUT2D eigenvalue weighted by Gasteiger charge is 2.39. The van der Waals surface area contributed by atoms with Crippen molar-refractivity contribution in [2.45, 2.75) is 12.5 Å². The Kier molecular flexibility index (Phi) is 4.41. The van der Waals surface area contributed by atoms with E-state index in [1.165, 1.54) is 28.4 Å². The molecule has 26 heavy (non-hydrogen) atoms. The number of amidine groups is 1. The van der Waals surface area contributed by atoms with Crippen molar-refractivity contribution >= 4 is 45.5 Å². The minimum absolute atomic E-state index is 0.185. The Morgan fingerprint density at radius 3 is 2.96 bits per heavy atom. The highest BCUT2D eigenvalue weighted by atomic mass is 79.9. The van der Waals surface area contributed by atoms with Gasteiger partial charge in [0.1, 0.15) is 18.1 Å². The van der Waals surface area contributed by atoms with Crippen LogP contribution in [-0.4, -0.2) is 34.7 Å². The molecule has 3 heterocycles. The number of aliphatic imine (C=N–C) groups is 1. The Balaban J connectivity index is 1.93. The number of halogens is 2. The summed E-state index contributed by atoms with van der Waals surface area (Å²) in [6.45, 7) is 0.185. The molecule has 0 N–H and O–H groups in total. The van der Waals surface area contributed by atoms with E-state index in [1.807, 2.05) is 0 Å². The summed E-state index contributed by atoms with van der Waals surface area (Å²) in [7, 11) is 0. The number of aldehydes is 1. The van der Waals surface area contributed by atoms with E-state index in [0.29, 0.717) is 44.9 Å². The number of hydrogen-bond donors (Lipinski definition) is 0. The average molecular weight is 436 g/mol. The number of ether oxygens (including phenoxy) is 1. The van der Waals surface area contributed by atoms with Crippen LogP contribution in [0, 0.1) is 5.82 Å². The number of amides is 1. The number of hydrogen-bond acceptors (Lipinski definition) is 6. The fraction of sp³-hybridized carbons (Fsp3) is 0.176. The van der Waals surface area contributed by atoms with Gasteiger partial charge < -0.3 is 4.74 Å². The first-order chi connectivity index (χ1) is 12.6. The standard InChI is InChI=1S/C17H11BrFN3O3S/c18-12-7-9(19)1-2-10(12)14-11(8-23)13-3-5-25-17(24)22(13)15(21-14)16-20-4-6-26-16/h1-2,4,6-8,14H,3,5H2. The van der Waals surface area contributed by atoms with Crippen LogP contribution in [0.3, 0.4) is 0 Å². The number of carbonyl (C=O) groups is 2. The highest BCUT2D eigenvalue weighted by molar-refractivity contribution is 9.10. The zero-order valence-corrected chi connectivity index (χ0v) is 15.6. The molecule has 132 valence electrons. The van der Waals surface area contributed by atoms with Gasteiger partial charge in [-0.3, -0.25) is 9.79 Å². The molecular weight excluding hydrogens is 425 g/mol. The van der Waals surface area contributed by atoms with Crippen molar-refractivity contribution in [1.82, 2.24) is 9.88 Å². The predicted octanol–water partition coefficient (Wildman–Crippen LogP) is 3.84. The minimum Gasteiger partial charge on any atom is -0.448 e. The smallest absolute Gasteiger partial charge is 0.420 e. The minimum atomic E-state index is -0.668. The van der Waals surface area contributed by atoms with E-state index in [9.17, 15) is 14.0 Å². The predicted molar refractivity (Wildman–Crippen MR) is 96.4 cm³/mol. The lowest BCUT2D eigenvalue weighted by molar-refractivity contribution is -0.105. The molecule has 0 aliphatic carbocycles. The molecule has 1 atom stereocenters. The van der Waals surface area contributed by atoms with Crippen molar-refractivity contribution in [3.63, 3.8) is 0 Å². The SMILES string of the molecule is O=CC1=C2CCOC(=O)N2C(c2nccs2)=NC1c1ccc(F)cc1Br. The highest BCUT2D eigenvalue weighted by Crippen LogP contribution is 2.40. The lowest BCUT2D eigenvalue weighted by atomic mass is 9.94. The van der Waals surface area contributed by atoms with Crippen molar-refractivity contribution < 1.29 is 18.7 Å². The fourth-order valence-electron chi connectivity index (χ4n) is 2.99. The Hall–Kier alpha value is -2.39.